The van der Waals surface area contributed by atoms with Gasteiger partial charge in [-0.05, 0) is 42.0 Å². The van der Waals surface area contributed by atoms with Crippen molar-refractivity contribution in [3.8, 4) is 17.2 Å². The van der Waals surface area contributed by atoms with Gasteiger partial charge in [0.2, 0.25) is 0 Å². The molecule has 7 heteroatoms. The number of benzene rings is 3. The van der Waals surface area contributed by atoms with Gasteiger partial charge < -0.3 is 19.4 Å². The van der Waals surface area contributed by atoms with Crippen molar-refractivity contribution in [3.63, 3.8) is 0 Å². The number of imidazole rings is 1. The summed E-state index contributed by atoms with van der Waals surface area (Å²) < 4.78 is 12.9. The molecule has 0 radical (unpaired) electrons. The maximum absolute atomic E-state index is 13.7. The third-order valence-corrected chi connectivity index (χ3v) is 5.58. The van der Waals surface area contributed by atoms with Gasteiger partial charge in [0.15, 0.2) is 0 Å². The molecule has 4 aromatic rings. The molecule has 1 N–H and O–H groups in total. The zero-order valence-corrected chi connectivity index (χ0v) is 17.7. The fraction of sp³-hybridized carbons (Fsp3) is 0.120. The van der Waals surface area contributed by atoms with Crippen LogP contribution in [-0.2, 0) is 0 Å². The van der Waals surface area contributed by atoms with Crippen LogP contribution in [0.5, 0.6) is 11.5 Å². The highest BCUT2D eigenvalue weighted by atomic mass is 16.5. The summed E-state index contributed by atoms with van der Waals surface area (Å²) in [7, 11) is 3.19. The van der Waals surface area contributed by atoms with E-state index in [9.17, 15) is 4.79 Å². The van der Waals surface area contributed by atoms with Crippen LogP contribution in [0.4, 0.5) is 11.4 Å². The van der Waals surface area contributed by atoms with E-state index in [1.165, 1.54) is 0 Å². The second-order valence-electron chi connectivity index (χ2n) is 7.37. The summed E-state index contributed by atoms with van der Waals surface area (Å²) in [4.78, 5) is 19.5. The van der Waals surface area contributed by atoms with Gasteiger partial charge in [-0.3, -0.25) is 9.69 Å². The Balaban J connectivity index is 1.61. The Morgan fingerprint density at radius 3 is 2.50 bits per heavy atom. The largest absolute Gasteiger partial charge is 0.497 e. The quantitative estimate of drug-likeness (QED) is 0.503. The number of ether oxygens (including phenoxy) is 2. The lowest BCUT2D eigenvalue weighted by Crippen LogP contribution is -2.43. The first-order valence-electron chi connectivity index (χ1n) is 10.2. The van der Waals surface area contributed by atoms with E-state index in [1.807, 2.05) is 71.4 Å². The number of fused-ring (bicyclic) bond motifs is 1. The lowest BCUT2D eigenvalue weighted by molar-refractivity contribution is 0.0974. The molecule has 160 valence electrons. The Morgan fingerprint density at radius 1 is 0.969 bits per heavy atom. The molecule has 0 saturated carbocycles. The van der Waals surface area contributed by atoms with Gasteiger partial charge in [-0.25, -0.2) is 4.98 Å². The number of anilines is 2. The predicted molar refractivity (Wildman–Crippen MR) is 123 cm³/mol. The molecule has 0 spiro atoms. The summed E-state index contributed by atoms with van der Waals surface area (Å²) >= 11 is 0. The Hall–Kier alpha value is -4.26. The summed E-state index contributed by atoms with van der Waals surface area (Å²) in [6, 6.07) is 21.0. The van der Waals surface area contributed by atoms with Crippen LogP contribution in [0.2, 0.25) is 0 Å². The highest BCUT2D eigenvalue weighted by Gasteiger charge is 2.35. The Bertz CT molecular complexity index is 1250. The summed E-state index contributed by atoms with van der Waals surface area (Å²) in [6.45, 7) is 0. The molecule has 3 aromatic carbocycles. The average molecular weight is 426 g/mol. The van der Waals surface area contributed by atoms with Gasteiger partial charge in [-0.1, -0.05) is 24.3 Å². The van der Waals surface area contributed by atoms with Gasteiger partial charge in [0.1, 0.15) is 17.7 Å². The number of rotatable bonds is 5. The Kier molecular flexibility index (Phi) is 4.99. The molecular formula is C25H22N4O3. The predicted octanol–water partition coefficient (Wildman–Crippen LogP) is 4.66. The number of hydrogen-bond donors (Lipinski definition) is 1. The molecule has 7 nitrogen and oxygen atoms in total. The maximum atomic E-state index is 13.7. The normalized spacial score (nSPS) is 15.1. The van der Waals surface area contributed by atoms with Crippen molar-refractivity contribution in [1.29, 1.82) is 0 Å². The molecule has 0 bridgehead atoms. The number of aromatic nitrogens is 2. The summed E-state index contributed by atoms with van der Waals surface area (Å²) in [5, 5.41) is 3.53. The van der Waals surface area contributed by atoms with Gasteiger partial charge in [-0.2, -0.15) is 0 Å². The van der Waals surface area contributed by atoms with E-state index in [-0.39, 0.29) is 5.91 Å². The average Bonchev–Trinajstić information content (AvgIpc) is 3.39. The van der Waals surface area contributed by atoms with Crippen molar-refractivity contribution < 1.29 is 14.3 Å². The molecule has 1 aliphatic heterocycles. The minimum atomic E-state index is -0.420. The van der Waals surface area contributed by atoms with Crippen molar-refractivity contribution in [2.75, 3.05) is 24.4 Å². The summed E-state index contributed by atoms with van der Waals surface area (Å²) in [6.07, 6.45) is 4.96. The number of carbonyl (C=O) groups is 1. The van der Waals surface area contributed by atoms with Crippen LogP contribution >= 0.6 is 0 Å². The number of carbonyl (C=O) groups excluding carboxylic acids is 1. The highest BCUT2D eigenvalue weighted by Crippen LogP contribution is 2.41. The van der Waals surface area contributed by atoms with Gasteiger partial charge in [0, 0.05) is 29.8 Å². The number of nitrogens with zero attached hydrogens (tertiary/aromatic N) is 3. The van der Waals surface area contributed by atoms with E-state index in [2.05, 4.69) is 10.3 Å². The van der Waals surface area contributed by atoms with E-state index < -0.39 is 6.17 Å². The van der Waals surface area contributed by atoms with E-state index >= 15 is 0 Å². The number of nitrogens with one attached hydrogen (secondary N) is 1. The van der Waals surface area contributed by atoms with Crippen molar-refractivity contribution >= 4 is 17.3 Å². The molecule has 0 saturated heterocycles. The zero-order chi connectivity index (χ0) is 22.1. The van der Waals surface area contributed by atoms with Gasteiger partial charge in [0.05, 0.1) is 31.8 Å². The third kappa shape index (κ3) is 3.33. The third-order valence-electron chi connectivity index (χ3n) is 5.58. The van der Waals surface area contributed by atoms with Crippen LogP contribution < -0.4 is 19.7 Å². The number of methoxy groups -OCH3 is 2. The first-order valence-corrected chi connectivity index (χ1v) is 10.2. The first kappa shape index (κ1) is 19.7. The minimum Gasteiger partial charge on any atom is -0.497 e. The Labute approximate surface area is 185 Å². The summed E-state index contributed by atoms with van der Waals surface area (Å²) in [5.41, 5.74) is 3.99. The maximum Gasteiger partial charge on any atom is 0.262 e. The first-order chi connectivity index (χ1) is 15.7. The standard InChI is InChI=1S/C25H22N4O3/c1-31-19-11-12-22(23(15-19)32-2)29-24(27-21-6-4-3-5-20(21)25(29)30)17-7-9-18(10-8-17)28-14-13-26-16-28/h3-16,24,27H,1-2H3/t24-/m1/s1. The lowest BCUT2D eigenvalue weighted by Gasteiger charge is -2.38. The van der Waals surface area contributed by atoms with E-state index in [0.29, 0.717) is 22.7 Å². The van der Waals surface area contributed by atoms with E-state index in [0.717, 1.165) is 16.9 Å². The fourth-order valence-electron chi connectivity index (χ4n) is 3.96. The molecule has 1 atom stereocenters. The molecule has 2 heterocycles. The van der Waals surface area contributed by atoms with Crippen LogP contribution in [-0.4, -0.2) is 29.7 Å². The molecule has 0 unspecified atom stereocenters. The van der Waals surface area contributed by atoms with Crippen LogP contribution in [0.25, 0.3) is 5.69 Å². The monoisotopic (exact) mass is 426 g/mol. The number of amides is 1. The minimum absolute atomic E-state index is 0.105. The molecule has 1 amide bonds. The van der Waals surface area contributed by atoms with Gasteiger partial charge in [-0.15, -0.1) is 0 Å². The highest BCUT2D eigenvalue weighted by molar-refractivity contribution is 6.12. The number of hydrogen-bond acceptors (Lipinski definition) is 5. The molecule has 1 aliphatic rings. The van der Waals surface area contributed by atoms with Crippen molar-refractivity contribution in [2.45, 2.75) is 6.17 Å². The van der Waals surface area contributed by atoms with Gasteiger partial charge in [0.25, 0.3) is 5.91 Å². The van der Waals surface area contributed by atoms with Crippen LogP contribution in [0.3, 0.4) is 0 Å². The van der Waals surface area contributed by atoms with Crippen molar-refractivity contribution in [3.05, 3.63) is 96.6 Å². The van der Waals surface area contributed by atoms with E-state index in [1.54, 1.807) is 37.7 Å². The topological polar surface area (TPSA) is 68.6 Å². The fourth-order valence-corrected chi connectivity index (χ4v) is 3.96. The Morgan fingerprint density at radius 2 is 1.78 bits per heavy atom. The molecule has 5 rings (SSSR count). The van der Waals surface area contributed by atoms with Crippen LogP contribution in [0, 0.1) is 0 Å². The van der Waals surface area contributed by atoms with Gasteiger partial charge >= 0.3 is 0 Å². The second-order valence-corrected chi connectivity index (χ2v) is 7.37. The van der Waals surface area contributed by atoms with Crippen LogP contribution in [0.1, 0.15) is 22.1 Å². The zero-order valence-electron chi connectivity index (χ0n) is 17.7. The second kappa shape index (κ2) is 8.11. The molecule has 0 fully saturated rings. The van der Waals surface area contributed by atoms with Crippen molar-refractivity contribution in [1.82, 2.24) is 9.55 Å². The van der Waals surface area contributed by atoms with Crippen LogP contribution in [0.15, 0.2) is 85.5 Å². The molecular weight excluding hydrogens is 404 g/mol. The summed E-state index contributed by atoms with van der Waals surface area (Å²) in [5.74, 6) is 1.11. The SMILES string of the molecule is COc1ccc(N2C(=O)c3ccccc3N[C@H]2c2ccc(-n3ccnc3)cc2)c(OC)c1. The molecule has 32 heavy (non-hydrogen) atoms. The molecule has 1 aromatic heterocycles. The van der Waals surface area contributed by atoms with Crippen molar-refractivity contribution in [2.24, 2.45) is 0 Å². The molecule has 0 aliphatic carbocycles. The number of para-hydroxylation sites is 1. The smallest absolute Gasteiger partial charge is 0.262 e. The lowest BCUT2D eigenvalue weighted by atomic mass is 10.0. The van der Waals surface area contributed by atoms with E-state index in [4.69, 9.17) is 9.47 Å².